The van der Waals surface area contributed by atoms with Crippen molar-refractivity contribution in [2.24, 2.45) is 0 Å². The van der Waals surface area contributed by atoms with Crippen molar-refractivity contribution in [1.29, 1.82) is 0 Å². The number of nitro benzene ring substituents is 1. The number of nitro groups is 1. The maximum absolute atomic E-state index is 11.2. The van der Waals surface area contributed by atoms with E-state index in [2.05, 4.69) is 10.3 Å². The normalized spacial score (nSPS) is 10.3. The average molecular weight is 291 g/mol. The first-order chi connectivity index (χ1) is 10.0. The van der Waals surface area contributed by atoms with Gasteiger partial charge < -0.3 is 14.8 Å². The van der Waals surface area contributed by atoms with E-state index in [1.165, 1.54) is 18.2 Å². The molecular formula is C13H13N3O5. The molecule has 2 aromatic rings. The highest BCUT2D eigenvalue weighted by molar-refractivity contribution is 5.96. The molecule has 0 unspecified atom stereocenters. The van der Waals surface area contributed by atoms with Crippen LogP contribution in [0.25, 0.3) is 0 Å². The van der Waals surface area contributed by atoms with Gasteiger partial charge in [-0.15, -0.1) is 0 Å². The number of hydrogen-bond acceptors (Lipinski definition) is 6. The van der Waals surface area contributed by atoms with Crippen LogP contribution in [0.2, 0.25) is 0 Å². The lowest BCUT2D eigenvalue weighted by Gasteiger charge is -2.08. The van der Waals surface area contributed by atoms with Crippen molar-refractivity contribution >= 4 is 17.3 Å². The van der Waals surface area contributed by atoms with Crippen LogP contribution in [-0.4, -0.2) is 21.0 Å². The smallest absolute Gasteiger partial charge is 0.338 e. The molecule has 0 fully saturated rings. The molecule has 1 aromatic heterocycles. The van der Waals surface area contributed by atoms with Crippen LogP contribution >= 0.6 is 0 Å². The fraction of sp³-hybridized carbons (Fsp3) is 0.231. The molecule has 1 heterocycles. The van der Waals surface area contributed by atoms with Crippen LogP contribution < -0.4 is 5.32 Å². The van der Waals surface area contributed by atoms with Gasteiger partial charge in [0.15, 0.2) is 0 Å². The van der Waals surface area contributed by atoms with E-state index < -0.39 is 10.9 Å². The Hall–Kier alpha value is -2.90. The SMILES string of the molecule is CCc1cnc(CNc2c(C(=O)O)cccc2[N+](=O)[O-])o1. The molecule has 0 aliphatic rings. The number of benzene rings is 1. The summed E-state index contributed by atoms with van der Waals surface area (Å²) in [5.74, 6) is -0.225. The van der Waals surface area contributed by atoms with Crippen molar-refractivity contribution in [3.63, 3.8) is 0 Å². The second-order valence-corrected chi connectivity index (χ2v) is 4.19. The zero-order chi connectivity index (χ0) is 15.4. The first-order valence-electron chi connectivity index (χ1n) is 6.21. The summed E-state index contributed by atoms with van der Waals surface area (Å²) >= 11 is 0. The summed E-state index contributed by atoms with van der Waals surface area (Å²) in [6.45, 7) is 1.97. The third-order valence-corrected chi connectivity index (χ3v) is 2.84. The number of hydrogen-bond donors (Lipinski definition) is 2. The van der Waals surface area contributed by atoms with E-state index in [1.54, 1.807) is 6.20 Å². The van der Waals surface area contributed by atoms with E-state index >= 15 is 0 Å². The number of nitrogens with zero attached hydrogens (tertiary/aromatic N) is 2. The van der Waals surface area contributed by atoms with E-state index in [-0.39, 0.29) is 23.5 Å². The minimum atomic E-state index is -1.25. The molecule has 0 spiro atoms. The molecule has 2 N–H and O–H groups in total. The largest absolute Gasteiger partial charge is 0.478 e. The predicted octanol–water partition coefficient (Wildman–Crippen LogP) is 2.46. The summed E-state index contributed by atoms with van der Waals surface area (Å²) in [6, 6.07) is 3.86. The third-order valence-electron chi connectivity index (χ3n) is 2.84. The lowest BCUT2D eigenvalue weighted by Crippen LogP contribution is -2.09. The van der Waals surface area contributed by atoms with Gasteiger partial charge in [0.1, 0.15) is 11.4 Å². The van der Waals surface area contributed by atoms with Crippen LogP contribution in [0.15, 0.2) is 28.8 Å². The van der Waals surface area contributed by atoms with Crippen molar-refractivity contribution in [2.75, 3.05) is 5.32 Å². The molecule has 8 nitrogen and oxygen atoms in total. The fourth-order valence-electron chi connectivity index (χ4n) is 1.81. The maximum Gasteiger partial charge on any atom is 0.338 e. The standard InChI is InChI=1S/C13H13N3O5/c1-2-8-6-14-11(21-8)7-15-12-9(13(17)18)4-3-5-10(12)16(19)20/h3-6,15H,2,7H2,1H3,(H,17,18). The van der Waals surface area contributed by atoms with Gasteiger partial charge in [-0.1, -0.05) is 13.0 Å². The predicted molar refractivity (Wildman–Crippen MR) is 73.3 cm³/mol. The lowest BCUT2D eigenvalue weighted by molar-refractivity contribution is -0.384. The molecule has 1 aromatic carbocycles. The second-order valence-electron chi connectivity index (χ2n) is 4.19. The Labute approximate surface area is 119 Å². The molecule has 2 rings (SSSR count). The van der Waals surface area contributed by atoms with Crippen molar-refractivity contribution in [1.82, 2.24) is 4.98 Å². The number of anilines is 1. The van der Waals surface area contributed by atoms with E-state index in [0.717, 1.165) is 0 Å². The Morgan fingerprint density at radius 2 is 2.29 bits per heavy atom. The molecule has 0 radical (unpaired) electrons. The second kappa shape index (κ2) is 6.04. The Morgan fingerprint density at radius 3 is 2.86 bits per heavy atom. The zero-order valence-corrected chi connectivity index (χ0v) is 11.2. The Bertz CT molecular complexity index is 648. The van der Waals surface area contributed by atoms with Gasteiger partial charge in [0.2, 0.25) is 5.89 Å². The molecule has 0 atom stereocenters. The molecule has 0 bridgehead atoms. The average Bonchev–Trinajstić information content (AvgIpc) is 2.92. The van der Waals surface area contributed by atoms with Gasteiger partial charge >= 0.3 is 5.97 Å². The number of carbonyl (C=O) groups is 1. The number of aromatic carboxylic acids is 1. The topological polar surface area (TPSA) is 119 Å². The highest BCUT2D eigenvalue weighted by atomic mass is 16.6. The van der Waals surface area contributed by atoms with E-state index in [1.807, 2.05) is 6.92 Å². The maximum atomic E-state index is 11.2. The fourth-order valence-corrected chi connectivity index (χ4v) is 1.81. The molecule has 110 valence electrons. The number of para-hydroxylation sites is 1. The van der Waals surface area contributed by atoms with Crippen LogP contribution in [-0.2, 0) is 13.0 Å². The van der Waals surface area contributed by atoms with Gasteiger partial charge in [-0.25, -0.2) is 9.78 Å². The summed E-state index contributed by atoms with van der Waals surface area (Å²) in [7, 11) is 0. The summed E-state index contributed by atoms with van der Waals surface area (Å²) in [6.07, 6.45) is 2.24. The number of oxazole rings is 1. The quantitative estimate of drug-likeness (QED) is 0.619. The Morgan fingerprint density at radius 1 is 1.52 bits per heavy atom. The van der Waals surface area contributed by atoms with E-state index in [9.17, 15) is 14.9 Å². The van der Waals surface area contributed by atoms with E-state index in [0.29, 0.717) is 18.1 Å². The summed E-state index contributed by atoms with van der Waals surface area (Å²) in [5.41, 5.74) is -0.546. The summed E-state index contributed by atoms with van der Waals surface area (Å²) < 4.78 is 5.36. The van der Waals surface area contributed by atoms with Crippen molar-refractivity contribution in [2.45, 2.75) is 19.9 Å². The Kier molecular flexibility index (Phi) is 4.17. The molecule has 21 heavy (non-hydrogen) atoms. The number of aromatic nitrogens is 1. The van der Waals surface area contributed by atoms with Crippen LogP contribution in [0.5, 0.6) is 0 Å². The van der Waals surface area contributed by atoms with Crippen molar-refractivity contribution in [3.8, 4) is 0 Å². The number of rotatable bonds is 6. The van der Waals surface area contributed by atoms with Gasteiger partial charge in [-0.2, -0.15) is 0 Å². The number of carboxylic acids is 1. The van der Waals surface area contributed by atoms with Crippen molar-refractivity contribution < 1.29 is 19.2 Å². The molecular weight excluding hydrogens is 278 g/mol. The minimum Gasteiger partial charge on any atom is -0.478 e. The highest BCUT2D eigenvalue weighted by Crippen LogP contribution is 2.28. The molecule has 0 amide bonds. The Balaban J connectivity index is 2.28. The van der Waals surface area contributed by atoms with E-state index in [4.69, 9.17) is 9.52 Å². The molecule has 0 aliphatic heterocycles. The van der Waals surface area contributed by atoms with Crippen LogP contribution in [0.4, 0.5) is 11.4 Å². The summed E-state index contributed by atoms with van der Waals surface area (Å²) in [5, 5.41) is 22.8. The van der Waals surface area contributed by atoms with Gasteiger partial charge in [-0.3, -0.25) is 10.1 Å². The van der Waals surface area contributed by atoms with Gasteiger partial charge in [0.25, 0.3) is 5.69 Å². The minimum absolute atomic E-state index is 0.0606. The monoisotopic (exact) mass is 291 g/mol. The van der Waals surface area contributed by atoms with Gasteiger partial charge in [-0.05, 0) is 6.07 Å². The molecule has 0 aliphatic carbocycles. The first kappa shape index (κ1) is 14.5. The lowest BCUT2D eigenvalue weighted by atomic mass is 10.1. The molecule has 0 saturated carbocycles. The van der Waals surface area contributed by atoms with Crippen LogP contribution in [0, 0.1) is 10.1 Å². The zero-order valence-electron chi connectivity index (χ0n) is 11.2. The van der Waals surface area contributed by atoms with Gasteiger partial charge in [0, 0.05) is 12.5 Å². The molecule has 0 saturated heterocycles. The number of carboxylic acid groups (broad SMARTS) is 1. The number of nitrogens with one attached hydrogen (secondary N) is 1. The van der Waals surface area contributed by atoms with Crippen LogP contribution in [0.1, 0.15) is 28.9 Å². The molecule has 8 heteroatoms. The first-order valence-corrected chi connectivity index (χ1v) is 6.21. The van der Waals surface area contributed by atoms with Crippen molar-refractivity contribution in [3.05, 3.63) is 51.7 Å². The third kappa shape index (κ3) is 3.16. The summed E-state index contributed by atoms with van der Waals surface area (Å²) in [4.78, 5) is 25.5. The van der Waals surface area contributed by atoms with Gasteiger partial charge in [0.05, 0.1) is 23.2 Å². The highest BCUT2D eigenvalue weighted by Gasteiger charge is 2.21. The number of aryl methyl sites for hydroxylation is 1. The van der Waals surface area contributed by atoms with Crippen LogP contribution in [0.3, 0.4) is 0 Å².